The van der Waals surface area contributed by atoms with Gasteiger partial charge in [0.1, 0.15) is 0 Å². The summed E-state index contributed by atoms with van der Waals surface area (Å²) < 4.78 is 19.4. The van der Waals surface area contributed by atoms with Crippen molar-refractivity contribution in [1.29, 1.82) is 0 Å². The van der Waals surface area contributed by atoms with Crippen molar-refractivity contribution in [2.24, 2.45) is 0 Å². The summed E-state index contributed by atoms with van der Waals surface area (Å²) in [6.45, 7) is 0. The summed E-state index contributed by atoms with van der Waals surface area (Å²) >= 11 is 11.9. The first-order valence-electron chi connectivity index (χ1n) is 6.50. The van der Waals surface area contributed by atoms with Crippen LogP contribution < -0.4 is 10.1 Å². The van der Waals surface area contributed by atoms with Crippen LogP contribution in [-0.4, -0.2) is 14.2 Å². The van der Waals surface area contributed by atoms with Crippen LogP contribution in [0.15, 0.2) is 36.4 Å². The number of hydrogen-bond acceptors (Lipinski definition) is 2. The first-order chi connectivity index (χ1) is 10.1. The zero-order valence-corrected chi connectivity index (χ0v) is 13.3. The number of benzene rings is 2. The molecule has 5 heteroatoms. The first kappa shape index (κ1) is 16.1. The molecule has 21 heavy (non-hydrogen) atoms. The van der Waals surface area contributed by atoms with E-state index in [2.05, 4.69) is 5.32 Å². The van der Waals surface area contributed by atoms with Gasteiger partial charge >= 0.3 is 0 Å². The predicted octanol–water partition coefficient (Wildman–Crippen LogP) is 4.64. The van der Waals surface area contributed by atoms with Crippen LogP contribution in [0.5, 0.6) is 5.75 Å². The van der Waals surface area contributed by atoms with Crippen LogP contribution in [0.25, 0.3) is 0 Å². The largest absolute Gasteiger partial charge is 0.494 e. The quantitative estimate of drug-likeness (QED) is 0.863. The van der Waals surface area contributed by atoms with E-state index in [9.17, 15) is 4.39 Å². The van der Waals surface area contributed by atoms with Crippen LogP contribution in [0.1, 0.15) is 17.2 Å². The fraction of sp³-hybridized carbons (Fsp3) is 0.250. The smallest absolute Gasteiger partial charge is 0.169 e. The first-order valence-corrected chi connectivity index (χ1v) is 7.26. The maximum Gasteiger partial charge on any atom is 0.169 e. The molecule has 0 heterocycles. The van der Waals surface area contributed by atoms with Gasteiger partial charge in [0, 0.05) is 11.6 Å². The molecule has 0 aliphatic carbocycles. The Labute approximate surface area is 133 Å². The second-order valence-corrected chi connectivity index (χ2v) is 5.47. The van der Waals surface area contributed by atoms with Crippen LogP contribution in [-0.2, 0) is 6.42 Å². The fourth-order valence-electron chi connectivity index (χ4n) is 2.22. The monoisotopic (exact) mass is 327 g/mol. The summed E-state index contributed by atoms with van der Waals surface area (Å²) in [5, 5.41) is 4.13. The average molecular weight is 328 g/mol. The molecule has 0 saturated heterocycles. The minimum absolute atomic E-state index is 0.183. The minimum atomic E-state index is -0.348. The maximum absolute atomic E-state index is 14.3. The summed E-state index contributed by atoms with van der Waals surface area (Å²) in [6.07, 6.45) is 0.595. The van der Waals surface area contributed by atoms with Crippen molar-refractivity contribution in [1.82, 2.24) is 5.32 Å². The van der Waals surface area contributed by atoms with E-state index in [1.165, 1.54) is 7.11 Å². The minimum Gasteiger partial charge on any atom is -0.494 e. The van der Waals surface area contributed by atoms with E-state index in [0.717, 1.165) is 5.56 Å². The number of rotatable bonds is 5. The summed E-state index contributed by atoms with van der Waals surface area (Å²) in [5.74, 6) is -0.110. The Hall–Kier alpha value is -1.29. The van der Waals surface area contributed by atoms with Gasteiger partial charge in [0.2, 0.25) is 0 Å². The molecule has 0 saturated carbocycles. The Balaban J connectivity index is 2.29. The lowest BCUT2D eigenvalue weighted by Crippen LogP contribution is -2.20. The van der Waals surface area contributed by atoms with Gasteiger partial charge in [-0.15, -0.1) is 0 Å². The Bertz CT molecular complexity index is 634. The second kappa shape index (κ2) is 7.12. The van der Waals surface area contributed by atoms with Gasteiger partial charge < -0.3 is 10.1 Å². The van der Waals surface area contributed by atoms with Crippen LogP contribution in [0, 0.1) is 5.82 Å². The van der Waals surface area contributed by atoms with Crippen LogP contribution in [0.2, 0.25) is 10.0 Å². The van der Waals surface area contributed by atoms with Crippen molar-refractivity contribution in [3.8, 4) is 5.75 Å². The third-order valence-corrected chi connectivity index (χ3v) is 4.10. The topological polar surface area (TPSA) is 21.3 Å². The SMILES string of the molecule is CNC(Cc1ccc(Cl)c(Cl)c1)c1cccc(OC)c1F. The van der Waals surface area contributed by atoms with Crippen molar-refractivity contribution in [2.45, 2.75) is 12.5 Å². The maximum atomic E-state index is 14.3. The predicted molar refractivity (Wildman–Crippen MR) is 84.9 cm³/mol. The van der Waals surface area contributed by atoms with Crippen LogP contribution in [0.3, 0.4) is 0 Å². The third kappa shape index (κ3) is 3.67. The van der Waals surface area contributed by atoms with Crippen molar-refractivity contribution < 1.29 is 9.13 Å². The van der Waals surface area contributed by atoms with Crippen molar-refractivity contribution in [2.75, 3.05) is 14.2 Å². The van der Waals surface area contributed by atoms with Gasteiger partial charge in [-0.05, 0) is 37.2 Å². The summed E-state index contributed by atoms with van der Waals surface area (Å²) in [5.41, 5.74) is 1.54. The lowest BCUT2D eigenvalue weighted by Gasteiger charge is -2.19. The van der Waals surface area contributed by atoms with Gasteiger partial charge in [0.25, 0.3) is 0 Å². The molecule has 1 N–H and O–H groups in total. The number of methoxy groups -OCH3 is 1. The van der Waals surface area contributed by atoms with Crippen molar-refractivity contribution in [3.63, 3.8) is 0 Å². The molecule has 0 radical (unpaired) electrons. The van der Waals surface area contributed by atoms with E-state index < -0.39 is 0 Å². The molecule has 0 aromatic heterocycles. The highest BCUT2D eigenvalue weighted by Gasteiger charge is 2.17. The molecular formula is C16H16Cl2FNO. The highest BCUT2D eigenvalue weighted by atomic mass is 35.5. The number of ether oxygens (including phenoxy) is 1. The zero-order chi connectivity index (χ0) is 15.4. The van der Waals surface area contributed by atoms with E-state index in [4.69, 9.17) is 27.9 Å². The van der Waals surface area contributed by atoms with Gasteiger partial charge in [0.15, 0.2) is 11.6 Å². The van der Waals surface area contributed by atoms with Gasteiger partial charge in [-0.1, -0.05) is 41.4 Å². The van der Waals surface area contributed by atoms with E-state index in [1.54, 1.807) is 37.4 Å². The lowest BCUT2D eigenvalue weighted by molar-refractivity contribution is 0.380. The van der Waals surface area contributed by atoms with Crippen LogP contribution >= 0.6 is 23.2 Å². The Morgan fingerprint density at radius 2 is 1.95 bits per heavy atom. The Kier molecular flexibility index (Phi) is 5.45. The summed E-state index contributed by atoms with van der Waals surface area (Å²) in [7, 11) is 3.25. The highest BCUT2D eigenvalue weighted by molar-refractivity contribution is 6.42. The van der Waals surface area contributed by atoms with E-state index in [-0.39, 0.29) is 17.6 Å². The molecule has 0 aliphatic rings. The zero-order valence-electron chi connectivity index (χ0n) is 11.8. The molecule has 2 aromatic carbocycles. The molecule has 2 nitrogen and oxygen atoms in total. The normalized spacial score (nSPS) is 12.2. The van der Waals surface area contributed by atoms with Gasteiger partial charge in [-0.3, -0.25) is 0 Å². The van der Waals surface area contributed by atoms with Gasteiger partial charge in [0.05, 0.1) is 17.2 Å². The van der Waals surface area contributed by atoms with Gasteiger partial charge in [-0.2, -0.15) is 0 Å². The molecule has 2 aromatic rings. The van der Waals surface area contributed by atoms with E-state index >= 15 is 0 Å². The number of nitrogens with one attached hydrogen (secondary N) is 1. The summed E-state index contributed by atoms with van der Waals surface area (Å²) in [4.78, 5) is 0. The number of hydrogen-bond donors (Lipinski definition) is 1. The van der Waals surface area contributed by atoms with E-state index in [1.807, 2.05) is 6.07 Å². The van der Waals surface area contributed by atoms with Crippen LogP contribution in [0.4, 0.5) is 4.39 Å². The fourth-order valence-corrected chi connectivity index (χ4v) is 2.55. The highest BCUT2D eigenvalue weighted by Crippen LogP contribution is 2.29. The standard InChI is InChI=1S/C16H16Cl2FNO/c1-20-14(9-10-6-7-12(17)13(18)8-10)11-4-3-5-15(21-2)16(11)19/h3-8,14,20H,9H2,1-2H3. The molecular weight excluding hydrogens is 312 g/mol. The molecule has 0 bridgehead atoms. The molecule has 0 spiro atoms. The summed E-state index contributed by atoms with van der Waals surface area (Å²) in [6, 6.07) is 10.4. The number of halogens is 3. The van der Waals surface area contributed by atoms with Crippen molar-refractivity contribution >= 4 is 23.2 Å². The van der Waals surface area contributed by atoms with Crippen molar-refractivity contribution in [3.05, 3.63) is 63.4 Å². The third-order valence-electron chi connectivity index (χ3n) is 3.36. The second-order valence-electron chi connectivity index (χ2n) is 4.66. The Morgan fingerprint density at radius 1 is 1.19 bits per heavy atom. The molecule has 112 valence electrons. The number of likely N-dealkylation sites (N-methyl/N-ethyl adjacent to an activating group) is 1. The van der Waals surface area contributed by atoms with Gasteiger partial charge in [-0.25, -0.2) is 4.39 Å². The Morgan fingerprint density at radius 3 is 2.57 bits per heavy atom. The molecule has 0 aliphatic heterocycles. The molecule has 1 atom stereocenters. The average Bonchev–Trinajstić information content (AvgIpc) is 2.49. The molecule has 2 rings (SSSR count). The molecule has 0 amide bonds. The lowest BCUT2D eigenvalue weighted by atomic mass is 9.98. The van der Waals surface area contributed by atoms with E-state index in [0.29, 0.717) is 22.0 Å². The molecule has 0 fully saturated rings. The molecule has 1 unspecified atom stereocenters.